The lowest BCUT2D eigenvalue weighted by Crippen LogP contribution is -2.47. The highest BCUT2D eigenvalue weighted by molar-refractivity contribution is 9.09. The zero-order valence-corrected chi connectivity index (χ0v) is 73.6. The molecular weight excluding hydrogens is 1470 g/mol. The minimum absolute atomic E-state index is 0.203. The van der Waals surface area contributed by atoms with Gasteiger partial charge >= 0.3 is 0 Å². The van der Waals surface area contributed by atoms with Crippen LogP contribution in [0.25, 0.3) is 0 Å². The number of allylic oxidation sites excluding steroid dienone is 2. The van der Waals surface area contributed by atoms with Gasteiger partial charge < -0.3 is 5.11 Å². The van der Waals surface area contributed by atoms with Crippen molar-refractivity contribution in [3.8, 4) is 0 Å². The molecular formula is C105H156BrClO4S. The molecule has 0 spiro atoms. The van der Waals surface area contributed by atoms with Crippen molar-refractivity contribution >= 4 is 41.4 Å². The predicted molar refractivity (Wildman–Crippen MR) is 482 cm³/mol. The van der Waals surface area contributed by atoms with E-state index in [-0.39, 0.29) is 4.90 Å². The highest BCUT2D eigenvalue weighted by Gasteiger charge is 2.44. The van der Waals surface area contributed by atoms with Crippen LogP contribution in [0.3, 0.4) is 0 Å². The number of carbonyl (C=O) groups excluding carboxylic acids is 1. The first-order valence-electron chi connectivity index (χ1n) is 47.7. The maximum Gasteiger partial charge on any atom is 0.261 e. The molecule has 1 N–H and O–H groups in total. The monoisotopic (exact) mass is 1630 g/mol. The summed E-state index contributed by atoms with van der Waals surface area (Å²) in [4.78, 5) is 12.4. The Balaban J connectivity index is 0.000000146. The number of benzene rings is 5. The molecule has 15 rings (SSSR count). The van der Waals surface area contributed by atoms with Crippen LogP contribution in [0, 0.1) is 71.0 Å². The number of hydrogen-bond acceptors (Lipinski definition) is 4. The summed E-state index contributed by atoms with van der Waals surface area (Å²) in [7, 11) is 1.80. The third-order valence-corrected chi connectivity index (χ3v) is 31.5. The molecule has 10 fully saturated rings. The van der Waals surface area contributed by atoms with Crippen molar-refractivity contribution in [1.82, 2.24) is 0 Å². The van der Waals surface area contributed by atoms with E-state index >= 15 is 0 Å². The third kappa shape index (κ3) is 31.8. The van der Waals surface area contributed by atoms with Gasteiger partial charge in [-0.2, -0.15) is 0 Å². The first-order valence-corrected chi connectivity index (χ1v) is 51.1. The predicted octanol–water partition coefficient (Wildman–Crippen LogP) is 30.9. The number of alkyl halides is 1. The molecule has 0 amide bonds. The molecule has 0 heterocycles. The maximum absolute atomic E-state index is 12.2. The summed E-state index contributed by atoms with van der Waals surface area (Å²) in [6, 6.07) is 50.6. The van der Waals surface area contributed by atoms with Crippen LogP contribution >= 0.6 is 26.6 Å². The van der Waals surface area contributed by atoms with E-state index in [1.807, 2.05) is 23.8 Å². The Bertz CT molecular complexity index is 3260. The van der Waals surface area contributed by atoms with Crippen LogP contribution in [0.4, 0.5) is 0 Å². The molecule has 10 aliphatic carbocycles. The summed E-state index contributed by atoms with van der Waals surface area (Å²) in [5.74, 6) is 10.2. The lowest BCUT2D eigenvalue weighted by Gasteiger charge is -2.46. The Hall–Kier alpha value is -3.81. The number of aliphatic hydroxyl groups is 1. The van der Waals surface area contributed by atoms with E-state index in [0.29, 0.717) is 29.5 Å². The van der Waals surface area contributed by atoms with Crippen LogP contribution < -0.4 is 0 Å². The van der Waals surface area contributed by atoms with Gasteiger partial charge in [0.2, 0.25) is 0 Å². The molecule has 0 bridgehead atoms. The highest BCUT2D eigenvalue weighted by Crippen LogP contribution is 2.48. The summed E-state index contributed by atoms with van der Waals surface area (Å²) in [5, 5.41) is 12.8. The van der Waals surface area contributed by atoms with Crippen molar-refractivity contribution in [2.24, 2.45) is 71.0 Å². The second kappa shape index (κ2) is 52.2. The van der Waals surface area contributed by atoms with Gasteiger partial charge in [0.15, 0.2) is 0 Å². The first kappa shape index (κ1) is 90.5. The summed E-state index contributed by atoms with van der Waals surface area (Å²) in [6.07, 6.45) is 81.5. The standard InChI is InChI=1S/C21H31ClO2S.C21H32O.C21H32.C21H30.C13H22O.C8H9Br/c22-25(23,24)20-14-11-17(12-15-20)13-16-21(18-7-3-1-4-8-18)19-9-5-2-6-10-19;22-21(19-12-6-2-7-13-19,20-14-8-3-9-15-20)17-16-18-10-4-1-5-11-18;2*1-4-10-18(11-5-1)16-17-21(19-12-6-2-7-13-19)20-14-8-3-9-15-20;14-13(11-7-3-1-4-8-11)12-9-5-2-6-10-12;9-7-6-8-4-2-1-3-5-8/h11-12,14-15,18-19,21H,1-10,13,16H2;1,4-5,10-11,19-20,22H,2-3,6-9,12-17H2;1,4-5,10-11,19-21H,2-3,6-9,12-17H2;1,4-5,10-11,17,19-20H,2-3,6-9,12-16H2;11-12H,1-10H2;1-5H,6-7H2. The second-order valence-corrected chi connectivity index (χ2v) is 40.6. The number of halogens is 2. The highest BCUT2D eigenvalue weighted by atomic mass is 79.9. The summed E-state index contributed by atoms with van der Waals surface area (Å²) >= 11 is 3.39. The average Bonchev–Trinajstić information content (AvgIpc) is 0.796. The molecule has 5 aromatic carbocycles. The molecule has 10 saturated carbocycles. The fraction of sp³-hybridized carbons (Fsp3) is 0.686. The molecule has 112 heavy (non-hydrogen) atoms. The number of hydrogen-bond donors (Lipinski definition) is 1. The van der Waals surface area contributed by atoms with Crippen LogP contribution in [0.15, 0.2) is 162 Å². The maximum atomic E-state index is 12.2. The Morgan fingerprint density at radius 1 is 0.348 bits per heavy atom. The van der Waals surface area contributed by atoms with Crippen LogP contribution in [-0.4, -0.2) is 30.2 Å². The van der Waals surface area contributed by atoms with Crippen molar-refractivity contribution < 1.29 is 18.3 Å². The Labute approximate surface area is 699 Å². The Morgan fingerprint density at radius 3 is 0.929 bits per heavy atom. The molecule has 0 unspecified atom stereocenters. The van der Waals surface area contributed by atoms with Gasteiger partial charge in [-0.1, -0.05) is 405 Å². The van der Waals surface area contributed by atoms with E-state index in [2.05, 4.69) is 137 Å². The molecule has 0 aromatic heterocycles. The average molecular weight is 1630 g/mol. The molecule has 620 valence electrons. The van der Waals surface area contributed by atoms with E-state index < -0.39 is 14.7 Å². The lowest BCUT2D eigenvalue weighted by molar-refractivity contribution is -0.128. The number of rotatable bonds is 24. The van der Waals surface area contributed by atoms with E-state index in [9.17, 15) is 18.3 Å². The van der Waals surface area contributed by atoms with Crippen molar-refractivity contribution in [2.45, 2.75) is 383 Å². The van der Waals surface area contributed by atoms with Gasteiger partial charge in [-0.3, -0.25) is 4.79 Å². The van der Waals surface area contributed by atoms with E-state index in [4.69, 9.17) is 10.7 Å². The second-order valence-electron chi connectivity index (χ2n) is 37.3. The first-order chi connectivity index (χ1) is 55.0. The summed E-state index contributed by atoms with van der Waals surface area (Å²) < 4.78 is 22.8. The molecule has 10 aliphatic rings. The third-order valence-electron chi connectivity index (χ3n) is 29.7. The van der Waals surface area contributed by atoms with Gasteiger partial charge in [-0.15, -0.1) is 0 Å². The van der Waals surface area contributed by atoms with Gasteiger partial charge in [0.25, 0.3) is 9.05 Å². The van der Waals surface area contributed by atoms with Gasteiger partial charge in [0.1, 0.15) is 5.78 Å². The van der Waals surface area contributed by atoms with Gasteiger partial charge in [0.05, 0.1) is 10.5 Å². The minimum Gasteiger partial charge on any atom is -0.389 e. The molecule has 0 radical (unpaired) electrons. The quantitative estimate of drug-likeness (QED) is 0.0380. The molecule has 0 atom stereocenters. The van der Waals surface area contributed by atoms with Gasteiger partial charge in [-0.05, 0) is 228 Å². The zero-order chi connectivity index (χ0) is 77.9. The lowest BCUT2D eigenvalue weighted by atomic mass is 9.64. The van der Waals surface area contributed by atoms with Crippen LogP contribution in [0.5, 0.6) is 0 Å². The fourth-order valence-corrected chi connectivity index (χ4v) is 24.5. The Morgan fingerprint density at radius 2 is 0.616 bits per heavy atom. The number of aryl methyl sites for hydroxylation is 4. The number of Topliss-reactive ketones (excluding diaryl/α,β-unsaturated/α-hetero) is 1. The van der Waals surface area contributed by atoms with Crippen molar-refractivity contribution in [3.63, 3.8) is 0 Å². The zero-order valence-electron chi connectivity index (χ0n) is 70.4. The molecule has 7 heteroatoms. The minimum atomic E-state index is -3.61. The SMILES string of the molecule is BrCCc1ccccc1.C(Cc1ccccc1)=C(C1CCCCC1)C1CCCCC1.O=C(C1CCCCC1)C1CCCCC1.O=S(=O)(Cl)c1ccc(CCC(C2CCCCC2)C2CCCCC2)cc1.OC(CCc1ccccc1)(C1CCCCC1)C1CCCCC1.c1ccc(CCC(C2CCCCC2)C2CCCCC2)cc1. The van der Waals surface area contributed by atoms with E-state index in [0.717, 1.165) is 84.8 Å². The van der Waals surface area contributed by atoms with Crippen LogP contribution in [0.1, 0.15) is 368 Å². The van der Waals surface area contributed by atoms with E-state index in [1.165, 1.54) is 363 Å². The van der Waals surface area contributed by atoms with Crippen LogP contribution in [0.2, 0.25) is 0 Å². The van der Waals surface area contributed by atoms with Crippen molar-refractivity contribution in [1.29, 1.82) is 0 Å². The molecule has 0 saturated heterocycles. The largest absolute Gasteiger partial charge is 0.389 e. The smallest absolute Gasteiger partial charge is 0.261 e. The summed E-state index contributed by atoms with van der Waals surface area (Å²) in [6.45, 7) is 0. The fourth-order valence-electron chi connectivity index (χ4n) is 23.3. The van der Waals surface area contributed by atoms with Gasteiger partial charge in [-0.25, -0.2) is 8.42 Å². The summed E-state index contributed by atoms with van der Waals surface area (Å²) in [5.41, 5.74) is 8.48. The van der Waals surface area contributed by atoms with E-state index in [1.54, 1.807) is 17.7 Å². The molecule has 5 aromatic rings. The Kier molecular flexibility index (Phi) is 42.2. The van der Waals surface area contributed by atoms with Crippen LogP contribution in [-0.2, 0) is 45.9 Å². The topological polar surface area (TPSA) is 71.4 Å². The molecule has 4 nitrogen and oxygen atoms in total. The van der Waals surface area contributed by atoms with Crippen molar-refractivity contribution in [3.05, 3.63) is 185 Å². The number of carbonyl (C=O) groups is 1. The van der Waals surface area contributed by atoms with Gasteiger partial charge in [0, 0.05) is 27.8 Å². The normalized spacial score (nSPS) is 21.0. The van der Waals surface area contributed by atoms with Crippen molar-refractivity contribution in [2.75, 3.05) is 5.33 Å². The number of ketones is 1. The molecule has 0 aliphatic heterocycles.